The quantitative estimate of drug-likeness (QED) is 0.220. The van der Waals surface area contributed by atoms with Gasteiger partial charge in [0.2, 0.25) is 0 Å². The molecule has 3 rings (SSSR count). The zero-order chi connectivity index (χ0) is 22.4. The Morgan fingerprint density at radius 3 is 2.55 bits per heavy atom. The van der Waals surface area contributed by atoms with E-state index in [1.165, 1.54) is 36.4 Å². The fourth-order valence-electron chi connectivity index (χ4n) is 2.65. The second-order valence-electron chi connectivity index (χ2n) is 6.36. The van der Waals surface area contributed by atoms with E-state index in [-0.39, 0.29) is 23.7 Å². The lowest BCUT2D eigenvalue weighted by atomic mass is 10.1. The number of carbonyl (C=O) groups is 1. The number of nitrogens with one attached hydrogen (secondary N) is 1. The number of nitriles is 1. The van der Waals surface area contributed by atoms with Crippen molar-refractivity contribution in [1.82, 2.24) is 0 Å². The highest BCUT2D eigenvalue weighted by molar-refractivity contribution is 9.11. The molecule has 3 aromatic carbocycles. The van der Waals surface area contributed by atoms with Gasteiger partial charge in [-0.3, -0.25) is 4.79 Å². The molecule has 0 aromatic heterocycles. The van der Waals surface area contributed by atoms with E-state index >= 15 is 0 Å². The molecule has 0 unspecified atom stereocenters. The molecule has 1 amide bonds. The van der Waals surface area contributed by atoms with Crippen molar-refractivity contribution < 1.29 is 19.0 Å². The van der Waals surface area contributed by atoms with E-state index in [1.807, 2.05) is 6.07 Å². The van der Waals surface area contributed by atoms with Crippen LogP contribution in [-0.2, 0) is 11.4 Å². The minimum atomic E-state index is -0.621. The normalized spacial score (nSPS) is 11.0. The number of benzene rings is 3. The highest BCUT2D eigenvalue weighted by Gasteiger charge is 2.15. The van der Waals surface area contributed by atoms with Crippen molar-refractivity contribution in [3.63, 3.8) is 0 Å². The average Bonchev–Trinajstić information content (AvgIpc) is 2.74. The summed E-state index contributed by atoms with van der Waals surface area (Å²) in [7, 11) is 0. The van der Waals surface area contributed by atoms with Crippen molar-refractivity contribution in [3.05, 3.63) is 92.1 Å². The smallest absolute Gasteiger partial charge is 0.266 e. The third-order valence-corrected chi connectivity index (χ3v) is 5.20. The minimum absolute atomic E-state index is 0.0324. The van der Waals surface area contributed by atoms with Crippen molar-refractivity contribution in [1.29, 1.82) is 5.26 Å². The number of phenolic OH excluding ortho intramolecular Hbond substituents is 1. The molecule has 0 aliphatic rings. The molecular weight excluding hydrogens is 531 g/mol. The van der Waals surface area contributed by atoms with E-state index in [2.05, 4.69) is 37.2 Å². The van der Waals surface area contributed by atoms with Crippen LogP contribution in [0.1, 0.15) is 11.1 Å². The van der Waals surface area contributed by atoms with E-state index in [0.717, 1.165) is 0 Å². The molecule has 0 fully saturated rings. The number of nitrogens with zero attached hydrogens (tertiary/aromatic N) is 1. The monoisotopic (exact) mass is 544 g/mol. The molecule has 0 aliphatic heterocycles. The molecule has 5 nitrogen and oxygen atoms in total. The van der Waals surface area contributed by atoms with Crippen LogP contribution in [0.15, 0.2) is 75.2 Å². The molecule has 0 saturated carbocycles. The van der Waals surface area contributed by atoms with Crippen LogP contribution in [0.5, 0.6) is 11.5 Å². The number of aromatic hydroxyl groups is 1. The second kappa shape index (κ2) is 10.2. The van der Waals surface area contributed by atoms with Crippen LogP contribution in [-0.4, -0.2) is 11.0 Å². The summed E-state index contributed by atoms with van der Waals surface area (Å²) < 4.78 is 21.0. The number of hydrogen-bond acceptors (Lipinski definition) is 4. The maximum absolute atomic E-state index is 13.9. The topological polar surface area (TPSA) is 82.3 Å². The van der Waals surface area contributed by atoms with Crippen LogP contribution in [0, 0.1) is 17.1 Å². The summed E-state index contributed by atoms with van der Waals surface area (Å²) in [5.74, 6) is -0.593. The number of anilines is 1. The summed E-state index contributed by atoms with van der Waals surface area (Å²) >= 11 is 6.80. The first-order chi connectivity index (χ1) is 14.9. The number of hydrogen-bond donors (Lipinski definition) is 2. The molecule has 8 heteroatoms. The van der Waals surface area contributed by atoms with E-state index < -0.39 is 5.91 Å². The minimum Gasteiger partial charge on any atom is -0.508 e. The third-order valence-electron chi connectivity index (χ3n) is 4.16. The fourth-order valence-corrected chi connectivity index (χ4v) is 4.03. The highest BCUT2D eigenvalue weighted by Crippen LogP contribution is 2.35. The molecule has 0 aliphatic carbocycles. The SMILES string of the molecule is N#C/C(=C\c1cc(Br)cc(Br)c1OCc1ccccc1F)C(=O)Nc1ccc(O)cc1. The molecule has 0 atom stereocenters. The van der Waals surface area contributed by atoms with Gasteiger partial charge in [-0.15, -0.1) is 0 Å². The van der Waals surface area contributed by atoms with E-state index in [0.29, 0.717) is 31.5 Å². The van der Waals surface area contributed by atoms with Crippen molar-refractivity contribution in [2.75, 3.05) is 5.32 Å². The van der Waals surface area contributed by atoms with E-state index in [1.54, 1.807) is 30.3 Å². The number of carbonyl (C=O) groups excluding carboxylic acids is 1. The predicted octanol–water partition coefficient (Wildman–Crippen LogP) is 6.18. The summed E-state index contributed by atoms with van der Waals surface area (Å²) in [6.45, 7) is -0.0324. The molecule has 0 spiro atoms. The number of halogens is 3. The van der Waals surface area contributed by atoms with Gasteiger partial charge in [0.25, 0.3) is 5.91 Å². The van der Waals surface area contributed by atoms with Gasteiger partial charge in [-0.05, 0) is 64.5 Å². The lowest BCUT2D eigenvalue weighted by molar-refractivity contribution is -0.112. The molecule has 0 heterocycles. The zero-order valence-electron chi connectivity index (χ0n) is 15.9. The Morgan fingerprint density at radius 1 is 1.16 bits per heavy atom. The lowest BCUT2D eigenvalue weighted by Gasteiger charge is -2.13. The second-order valence-corrected chi connectivity index (χ2v) is 8.13. The Kier molecular flexibility index (Phi) is 7.45. The standard InChI is InChI=1S/C23H15Br2FN2O3/c24-17-10-15(9-16(12-27)23(30)28-18-5-7-19(29)8-6-18)22(20(25)11-17)31-13-14-3-1-2-4-21(14)26/h1-11,29H,13H2,(H,28,30)/b16-9+. The lowest BCUT2D eigenvalue weighted by Crippen LogP contribution is -2.13. The molecule has 3 aromatic rings. The van der Waals surface area contributed by atoms with Crippen LogP contribution in [0.3, 0.4) is 0 Å². The Hall–Kier alpha value is -3.15. The molecule has 0 bridgehead atoms. The van der Waals surface area contributed by atoms with Crippen molar-refractivity contribution in [3.8, 4) is 17.6 Å². The number of amides is 1. The van der Waals surface area contributed by atoms with Gasteiger partial charge in [-0.25, -0.2) is 4.39 Å². The highest BCUT2D eigenvalue weighted by atomic mass is 79.9. The van der Waals surface area contributed by atoms with Crippen LogP contribution in [0.2, 0.25) is 0 Å². The Labute approximate surface area is 195 Å². The first kappa shape index (κ1) is 22.5. The average molecular weight is 546 g/mol. The summed E-state index contributed by atoms with van der Waals surface area (Å²) in [5.41, 5.74) is 1.09. The van der Waals surface area contributed by atoms with Crippen LogP contribution in [0.4, 0.5) is 10.1 Å². The van der Waals surface area contributed by atoms with Crippen molar-refractivity contribution in [2.24, 2.45) is 0 Å². The van der Waals surface area contributed by atoms with Gasteiger partial charge in [-0.1, -0.05) is 34.1 Å². The summed E-state index contributed by atoms with van der Waals surface area (Å²) in [4.78, 5) is 12.6. The molecule has 0 saturated heterocycles. The van der Waals surface area contributed by atoms with Crippen molar-refractivity contribution in [2.45, 2.75) is 6.61 Å². The maximum atomic E-state index is 13.9. The van der Waals surface area contributed by atoms with Gasteiger partial charge in [0, 0.05) is 21.3 Å². The van der Waals surface area contributed by atoms with Crippen molar-refractivity contribution >= 4 is 49.5 Å². The summed E-state index contributed by atoms with van der Waals surface area (Å²) in [5, 5.41) is 21.5. The summed E-state index contributed by atoms with van der Waals surface area (Å²) in [6, 6.07) is 17.5. The van der Waals surface area contributed by atoms with Gasteiger partial charge in [-0.2, -0.15) is 5.26 Å². The molecule has 156 valence electrons. The van der Waals surface area contributed by atoms with E-state index in [9.17, 15) is 19.6 Å². The first-order valence-electron chi connectivity index (χ1n) is 8.95. The van der Waals surface area contributed by atoms with Crippen LogP contribution < -0.4 is 10.1 Å². The molecule has 2 N–H and O–H groups in total. The maximum Gasteiger partial charge on any atom is 0.266 e. The van der Waals surface area contributed by atoms with Gasteiger partial charge in [0.1, 0.15) is 35.6 Å². The van der Waals surface area contributed by atoms with Gasteiger partial charge in [0.05, 0.1) is 4.47 Å². The third kappa shape index (κ3) is 5.94. The van der Waals surface area contributed by atoms with Gasteiger partial charge < -0.3 is 15.2 Å². The number of rotatable bonds is 6. The molecular formula is C23H15Br2FN2O3. The van der Waals surface area contributed by atoms with Gasteiger partial charge >= 0.3 is 0 Å². The largest absolute Gasteiger partial charge is 0.508 e. The Morgan fingerprint density at radius 2 is 1.87 bits per heavy atom. The first-order valence-corrected chi connectivity index (χ1v) is 10.5. The predicted molar refractivity (Wildman–Crippen MR) is 123 cm³/mol. The molecule has 31 heavy (non-hydrogen) atoms. The van der Waals surface area contributed by atoms with Crippen LogP contribution >= 0.6 is 31.9 Å². The summed E-state index contributed by atoms with van der Waals surface area (Å²) in [6.07, 6.45) is 1.39. The number of ether oxygens (including phenoxy) is 1. The van der Waals surface area contributed by atoms with E-state index in [4.69, 9.17) is 4.74 Å². The zero-order valence-corrected chi connectivity index (χ0v) is 19.1. The number of phenols is 1. The molecule has 0 radical (unpaired) electrons. The Bertz CT molecular complexity index is 1190. The Balaban J connectivity index is 1.89. The van der Waals surface area contributed by atoms with Crippen LogP contribution in [0.25, 0.3) is 6.08 Å². The van der Waals surface area contributed by atoms with Gasteiger partial charge in [0.15, 0.2) is 0 Å². The fraction of sp³-hybridized carbons (Fsp3) is 0.0435.